The lowest BCUT2D eigenvalue weighted by atomic mass is 10.2. The Balaban J connectivity index is 1.58. The van der Waals surface area contributed by atoms with Crippen molar-refractivity contribution in [1.29, 1.82) is 0 Å². The summed E-state index contributed by atoms with van der Waals surface area (Å²) in [7, 11) is 0. The second kappa shape index (κ2) is 10.0. The zero-order valence-electron chi connectivity index (χ0n) is 16.0. The van der Waals surface area contributed by atoms with E-state index < -0.39 is 0 Å². The van der Waals surface area contributed by atoms with Crippen LogP contribution in [0, 0.1) is 6.92 Å². The van der Waals surface area contributed by atoms with Crippen LogP contribution in [0.25, 0.3) is 0 Å². The van der Waals surface area contributed by atoms with Crippen molar-refractivity contribution in [2.45, 2.75) is 32.2 Å². The molecule has 0 saturated carbocycles. The summed E-state index contributed by atoms with van der Waals surface area (Å²) in [4.78, 5) is 12.3. The molecule has 0 spiro atoms. The van der Waals surface area contributed by atoms with Crippen LogP contribution < -0.4 is 10.1 Å². The third kappa shape index (κ3) is 5.65. The van der Waals surface area contributed by atoms with Crippen molar-refractivity contribution >= 4 is 46.6 Å². The van der Waals surface area contributed by atoms with Crippen LogP contribution in [0.3, 0.4) is 0 Å². The highest BCUT2D eigenvalue weighted by Gasteiger charge is 2.15. The quantitative estimate of drug-likeness (QED) is 0.476. The van der Waals surface area contributed by atoms with Crippen LogP contribution in [-0.2, 0) is 17.9 Å². The first kappa shape index (κ1) is 21.5. The molecule has 1 N–H and O–H groups in total. The number of rotatable bonds is 8. The van der Waals surface area contributed by atoms with E-state index >= 15 is 0 Å². The molecule has 29 heavy (non-hydrogen) atoms. The number of hydrogen-bond acceptors (Lipinski definition) is 5. The smallest absolute Gasteiger partial charge is 0.234 e. The van der Waals surface area contributed by atoms with Crippen molar-refractivity contribution in [2.24, 2.45) is 0 Å². The van der Waals surface area contributed by atoms with E-state index in [1.54, 1.807) is 18.2 Å². The molecule has 1 heterocycles. The van der Waals surface area contributed by atoms with Gasteiger partial charge in [0.2, 0.25) is 5.91 Å². The zero-order chi connectivity index (χ0) is 20.8. The Bertz CT molecular complexity index is 993. The normalized spacial score (nSPS) is 10.8. The largest absolute Gasteiger partial charge is 0.486 e. The summed E-state index contributed by atoms with van der Waals surface area (Å²) < 4.78 is 7.72. The number of halogens is 2. The summed E-state index contributed by atoms with van der Waals surface area (Å²) in [6.07, 6.45) is 0. The van der Waals surface area contributed by atoms with Crippen LogP contribution in [0.15, 0.2) is 47.6 Å². The minimum atomic E-state index is -0.206. The van der Waals surface area contributed by atoms with E-state index in [4.69, 9.17) is 27.9 Å². The molecule has 0 saturated heterocycles. The van der Waals surface area contributed by atoms with Gasteiger partial charge in [0, 0.05) is 6.54 Å². The molecule has 3 aromatic rings. The second-order valence-electron chi connectivity index (χ2n) is 6.18. The minimum absolute atomic E-state index is 0.166. The molecule has 0 bridgehead atoms. The molecule has 1 amide bonds. The molecule has 0 atom stereocenters. The van der Waals surface area contributed by atoms with Crippen molar-refractivity contribution in [3.8, 4) is 5.75 Å². The number of ether oxygens (including phenoxy) is 1. The summed E-state index contributed by atoms with van der Waals surface area (Å²) in [5.41, 5.74) is 1.65. The van der Waals surface area contributed by atoms with E-state index in [-0.39, 0.29) is 11.7 Å². The molecular weight excluding hydrogens is 431 g/mol. The Morgan fingerprint density at radius 2 is 1.93 bits per heavy atom. The molecule has 0 fully saturated rings. The lowest BCUT2D eigenvalue weighted by Crippen LogP contribution is -2.15. The molecule has 0 aliphatic rings. The number of amides is 1. The molecule has 0 aliphatic heterocycles. The van der Waals surface area contributed by atoms with Gasteiger partial charge < -0.3 is 14.6 Å². The fourth-order valence-electron chi connectivity index (χ4n) is 2.55. The predicted octanol–water partition coefficient (Wildman–Crippen LogP) is 5.22. The number of nitrogens with one attached hydrogen (secondary N) is 1. The SMILES string of the molecule is CCn1c(COc2ccc(C)cc2)nnc1SCC(=O)Nc1cccc(Cl)c1Cl. The maximum absolute atomic E-state index is 12.3. The fraction of sp³-hybridized carbons (Fsp3) is 0.250. The van der Waals surface area contributed by atoms with Crippen molar-refractivity contribution in [3.05, 3.63) is 63.9 Å². The van der Waals surface area contributed by atoms with Gasteiger partial charge in [-0.15, -0.1) is 10.2 Å². The summed E-state index contributed by atoms with van der Waals surface area (Å²) >= 11 is 13.4. The number of carbonyl (C=O) groups is 1. The highest BCUT2D eigenvalue weighted by molar-refractivity contribution is 7.99. The maximum atomic E-state index is 12.3. The molecule has 3 rings (SSSR count). The summed E-state index contributed by atoms with van der Waals surface area (Å²) in [5.74, 6) is 1.43. The van der Waals surface area contributed by atoms with Gasteiger partial charge in [-0.2, -0.15) is 0 Å². The van der Waals surface area contributed by atoms with Gasteiger partial charge >= 0.3 is 0 Å². The van der Waals surface area contributed by atoms with Crippen molar-refractivity contribution in [2.75, 3.05) is 11.1 Å². The number of aromatic nitrogens is 3. The van der Waals surface area contributed by atoms with Gasteiger partial charge in [-0.05, 0) is 38.1 Å². The average Bonchev–Trinajstić information content (AvgIpc) is 3.11. The number of aryl methyl sites for hydroxylation is 1. The van der Waals surface area contributed by atoms with Crippen LogP contribution in [0.5, 0.6) is 5.75 Å². The van der Waals surface area contributed by atoms with Crippen LogP contribution in [0.2, 0.25) is 10.0 Å². The van der Waals surface area contributed by atoms with Crippen molar-refractivity contribution in [3.63, 3.8) is 0 Å². The van der Waals surface area contributed by atoms with Crippen LogP contribution >= 0.6 is 35.0 Å². The summed E-state index contributed by atoms with van der Waals surface area (Å²) in [5, 5.41) is 12.5. The Kier molecular flexibility index (Phi) is 7.41. The highest BCUT2D eigenvalue weighted by atomic mass is 35.5. The first-order valence-electron chi connectivity index (χ1n) is 8.96. The summed E-state index contributed by atoms with van der Waals surface area (Å²) in [6.45, 7) is 4.99. The number of hydrogen-bond donors (Lipinski definition) is 1. The first-order chi connectivity index (χ1) is 14.0. The lowest BCUT2D eigenvalue weighted by molar-refractivity contribution is -0.113. The Hall–Kier alpha value is -2.22. The number of benzene rings is 2. The van der Waals surface area contributed by atoms with E-state index in [1.165, 1.54) is 17.3 Å². The first-order valence-corrected chi connectivity index (χ1v) is 10.7. The number of thioether (sulfide) groups is 1. The minimum Gasteiger partial charge on any atom is -0.486 e. The Labute approximate surface area is 183 Å². The summed E-state index contributed by atoms with van der Waals surface area (Å²) in [6, 6.07) is 12.9. The van der Waals surface area contributed by atoms with Gasteiger partial charge in [0.15, 0.2) is 11.0 Å². The van der Waals surface area contributed by atoms with Gasteiger partial charge in [0.25, 0.3) is 0 Å². The third-order valence-electron chi connectivity index (χ3n) is 4.06. The van der Waals surface area contributed by atoms with Gasteiger partial charge in [0.1, 0.15) is 12.4 Å². The number of nitrogens with zero attached hydrogens (tertiary/aromatic N) is 3. The molecule has 152 valence electrons. The molecule has 1 aromatic heterocycles. The van der Waals surface area contributed by atoms with Gasteiger partial charge in [0.05, 0.1) is 21.5 Å². The topological polar surface area (TPSA) is 69.0 Å². The van der Waals surface area contributed by atoms with E-state index in [0.717, 1.165) is 5.75 Å². The third-order valence-corrected chi connectivity index (χ3v) is 5.84. The zero-order valence-corrected chi connectivity index (χ0v) is 18.3. The predicted molar refractivity (Wildman–Crippen MR) is 117 cm³/mol. The van der Waals surface area contributed by atoms with E-state index in [9.17, 15) is 4.79 Å². The Morgan fingerprint density at radius 1 is 1.17 bits per heavy atom. The molecular formula is C20H20Cl2N4O2S. The fourth-order valence-corrected chi connectivity index (χ4v) is 3.72. The Morgan fingerprint density at radius 3 is 2.66 bits per heavy atom. The maximum Gasteiger partial charge on any atom is 0.234 e. The lowest BCUT2D eigenvalue weighted by Gasteiger charge is -2.10. The monoisotopic (exact) mass is 450 g/mol. The van der Waals surface area contributed by atoms with Gasteiger partial charge in [-0.25, -0.2) is 0 Å². The standard InChI is InChI=1S/C20H20Cl2N4O2S/c1-3-26-17(11-28-14-9-7-13(2)8-10-14)24-25-20(26)29-12-18(27)23-16-6-4-5-15(21)19(16)22/h4-10H,3,11-12H2,1-2H3,(H,23,27). The molecule has 0 radical (unpaired) electrons. The van der Waals surface area contributed by atoms with Gasteiger partial charge in [-0.1, -0.05) is 58.7 Å². The van der Waals surface area contributed by atoms with E-state index in [0.29, 0.717) is 39.9 Å². The van der Waals surface area contributed by atoms with Crippen molar-refractivity contribution < 1.29 is 9.53 Å². The molecule has 2 aromatic carbocycles. The molecule has 6 nitrogen and oxygen atoms in total. The number of anilines is 1. The number of carbonyl (C=O) groups excluding carboxylic acids is 1. The average molecular weight is 451 g/mol. The highest BCUT2D eigenvalue weighted by Crippen LogP contribution is 2.29. The van der Waals surface area contributed by atoms with E-state index in [2.05, 4.69) is 15.5 Å². The van der Waals surface area contributed by atoms with Crippen LogP contribution in [-0.4, -0.2) is 26.4 Å². The van der Waals surface area contributed by atoms with Gasteiger partial charge in [-0.3, -0.25) is 4.79 Å². The molecule has 9 heteroatoms. The van der Waals surface area contributed by atoms with Crippen molar-refractivity contribution in [1.82, 2.24) is 14.8 Å². The van der Waals surface area contributed by atoms with Crippen LogP contribution in [0.1, 0.15) is 18.3 Å². The van der Waals surface area contributed by atoms with Crippen LogP contribution in [0.4, 0.5) is 5.69 Å². The second-order valence-corrected chi connectivity index (χ2v) is 7.91. The van der Waals surface area contributed by atoms with E-state index in [1.807, 2.05) is 42.7 Å². The molecule has 0 aliphatic carbocycles. The molecule has 0 unspecified atom stereocenters.